The molecule has 3 aromatic rings. The molecule has 2 N–H and O–H groups in total. The van der Waals surface area contributed by atoms with Crippen molar-refractivity contribution in [2.24, 2.45) is 17.8 Å². The third kappa shape index (κ3) is 4.55. The molecule has 2 aliphatic carbocycles. The predicted molar refractivity (Wildman–Crippen MR) is 168 cm³/mol. The molecule has 0 spiro atoms. The Balaban J connectivity index is 1.37. The van der Waals surface area contributed by atoms with Gasteiger partial charge in [0.1, 0.15) is 17.2 Å². The monoisotopic (exact) mass is 754 g/mol. The summed E-state index contributed by atoms with van der Waals surface area (Å²) in [7, 11) is 0. The molecule has 7 rings (SSSR count). The first kappa shape index (κ1) is 34.3. The summed E-state index contributed by atoms with van der Waals surface area (Å²) in [6.45, 7) is -0.0487. The van der Waals surface area contributed by atoms with E-state index < -0.39 is 104 Å². The zero-order valence-corrected chi connectivity index (χ0v) is 27.5. The number of phenols is 2. The molecule has 4 aliphatic rings. The maximum Gasteiger partial charge on any atom is 0.258 e. The van der Waals surface area contributed by atoms with Gasteiger partial charge in [-0.15, -0.1) is 23.2 Å². The summed E-state index contributed by atoms with van der Waals surface area (Å²) in [4.78, 5) is 51.5. The van der Waals surface area contributed by atoms with Crippen LogP contribution in [0.25, 0.3) is 0 Å². The van der Waals surface area contributed by atoms with E-state index in [0.29, 0.717) is 5.56 Å². The number of benzene rings is 3. The van der Waals surface area contributed by atoms with Gasteiger partial charge in [-0.05, 0) is 61.1 Å². The van der Waals surface area contributed by atoms with Crippen LogP contribution in [0, 0.1) is 46.8 Å². The molecular weight excluding hydrogens is 734 g/mol. The lowest BCUT2D eigenvalue weighted by Gasteiger charge is -2.50. The zero-order chi connectivity index (χ0) is 36.2. The quantitative estimate of drug-likeness (QED) is 0.0795. The average molecular weight is 756 g/mol. The summed E-state index contributed by atoms with van der Waals surface area (Å²) in [5.74, 6) is -22.3. The number of nitrogens with zero attached hydrogens (tertiary/aromatic N) is 2. The van der Waals surface area contributed by atoms with E-state index in [1.54, 1.807) is 12.1 Å². The summed E-state index contributed by atoms with van der Waals surface area (Å²) >= 11 is 20.4. The van der Waals surface area contributed by atoms with E-state index in [-0.39, 0.29) is 46.2 Å². The van der Waals surface area contributed by atoms with Crippen LogP contribution in [0.5, 0.6) is 11.5 Å². The molecule has 2 saturated heterocycles. The number of anilines is 1. The number of allylic oxidation sites excluding steroid dienone is 2. The van der Waals surface area contributed by atoms with Crippen molar-refractivity contribution in [1.29, 1.82) is 0 Å². The van der Waals surface area contributed by atoms with Crippen LogP contribution in [0.15, 0.2) is 54.1 Å². The highest BCUT2D eigenvalue weighted by Gasteiger charge is 2.77. The van der Waals surface area contributed by atoms with Gasteiger partial charge in [0, 0.05) is 23.0 Å². The van der Waals surface area contributed by atoms with Gasteiger partial charge in [0.15, 0.2) is 33.0 Å². The fourth-order valence-corrected chi connectivity index (χ4v) is 8.97. The number of fused-ring (bicyclic) bond motifs is 4. The van der Waals surface area contributed by atoms with E-state index in [4.69, 9.17) is 34.8 Å². The molecule has 0 aromatic heterocycles. The Morgan fingerprint density at radius 1 is 0.800 bits per heavy atom. The molecule has 6 atom stereocenters. The minimum absolute atomic E-state index is 0.00979. The van der Waals surface area contributed by atoms with Gasteiger partial charge in [-0.1, -0.05) is 35.4 Å². The summed E-state index contributed by atoms with van der Waals surface area (Å²) in [5.41, 5.74) is -1.20. The Morgan fingerprint density at radius 2 is 1.42 bits per heavy atom. The second kappa shape index (κ2) is 11.7. The standard InChI is InChI=1S/C34H22Cl3F5N2O6/c35-14-3-8-20(46)18(11-14)22-16-6-7-17-21(30(48)43(29(17)47)10-9-13-1-4-15(45)5-2-13)19(16)12-33(36)31(49)44(32(50)34(22,33)37)28-26(41)24(39)23(38)25(40)27(28)42/h1-6,8,11,17,19,21-22,45-46H,7,9-10,12H2. The van der Waals surface area contributed by atoms with Gasteiger partial charge < -0.3 is 10.2 Å². The van der Waals surface area contributed by atoms with Crippen molar-refractivity contribution in [2.75, 3.05) is 11.4 Å². The second-order valence-electron chi connectivity index (χ2n) is 12.6. The highest BCUT2D eigenvalue weighted by atomic mass is 35.5. The van der Waals surface area contributed by atoms with Gasteiger partial charge in [0.25, 0.3) is 11.8 Å². The van der Waals surface area contributed by atoms with E-state index in [2.05, 4.69) is 0 Å². The van der Waals surface area contributed by atoms with Crippen LogP contribution in [-0.4, -0.2) is 55.0 Å². The molecule has 3 fully saturated rings. The Hall–Kier alpha value is -4.20. The smallest absolute Gasteiger partial charge is 0.258 e. The van der Waals surface area contributed by atoms with Crippen molar-refractivity contribution < 1.29 is 51.3 Å². The number of hydrogen-bond donors (Lipinski definition) is 2. The van der Waals surface area contributed by atoms with Gasteiger partial charge in [0.2, 0.25) is 17.6 Å². The van der Waals surface area contributed by atoms with Crippen molar-refractivity contribution in [3.8, 4) is 11.5 Å². The number of amides is 4. The van der Waals surface area contributed by atoms with Crippen molar-refractivity contribution in [3.05, 3.63) is 99.3 Å². The van der Waals surface area contributed by atoms with Crippen LogP contribution in [0.3, 0.4) is 0 Å². The van der Waals surface area contributed by atoms with Gasteiger partial charge in [-0.25, -0.2) is 26.9 Å². The lowest BCUT2D eigenvalue weighted by atomic mass is 9.56. The van der Waals surface area contributed by atoms with Crippen LogP contribution in [-0.2, 0) is 25.6 Å². The number of carbonyl (C=O) groups is 4. The maximum atomic E-state index is 15.2. The third-order valence-corrected chi connectivity index (χ3v) is 11.8. The van der Waals surface area contributed by atoms with Crippen LogP contribution in [0.1, 0.15) is 29.9 Å². The molecule has 0 bridgehead atoms. The van der Waals surface area contributed by atoms with Gasteiger partial charge in [0.05, 0.1) is 11.8 Å². The number of imide groups is 2. The molecule has 1 saturated carbocycles. The highest BCUT2D eigenvalue weighted by molar-refractivity contribution is 6.58. The second-order valence-corrected chi connectivity index (χ2v) is 14.3. The molecule has 260 valence electrons. The third-order valence-electron chi connectivity index (χ3n) is 10.2. The molecular formula is C34H22Cl3F5N2O6. The number of aromatic hydroxyl groups is 2. The Morgan fingerprint density at radius 3 is 2.06 bits per heavy atom. The summed E-state index contributed by atoms with van der Waals surface area (Å²) in [5, 5.41) is 20.6. The molecule has 4 amide bonds. The normalized spacial score (nSPS) is 28.9. The largest absolute Gasteiger partial charge is 0.508 e. The molecule has 16 heteroatoms. The molecule has 2 aliphatic heterocycles. The lowest BCUT2D eigenvalue weighted by molar-refractivity contribution is -0.140. The van der Waals surface area contributed by atoms with Crippen molar-refractivity contribution in [2.45, 2.75) is 34.9 Å². The topological polar surface area (TPSA) is 115 Å². The number of phenolic OH excluding ortho intramolecular Hbond substituents is 2. The van der Waals surface area contributed by atoms with Crippen LogP contribution >= 0.6 is 34.8 Å². The first-order valence-electron chi connectivity index (χ1n) is 15.1. The zero-order valence-electron chi connectivity index (χ0n) is 25.2. The minimum atomic E-state index is -2.78. The Bertz CT molecular complexity index is 2050. The number of halogens is 8. The number of hydrogen-bond acceptors (Lipinski definition) is 6. The van der Waals surface area contributed by atoms with Crippen molar-refractivity contribution in [3.63, 3.8) is 0 Å². The highest BCUT2D eigenvalue weighted by Crippen LogP contribution is 2.66. The van der Waals surface area contributed by atoms with E-state index in [0.717, 1.165) is 11.0 Å². The average Bonchev–Trinajstić information content (AvgIpc) is 3.41. The first-order chi connectivity index (χ1) is 23.5. The maximum absolute atomic E-state index is 15.2. The Kier molecular flexibility index (Phi) is 8.00. The van der Waals surface area contributed by atoms with Crippen molar-refractivity contribution >= 4 is 64.1 Å². The minimum Gasteiger partial charge on any atom is -0.508 e. The SMILES string of the molecule is O=C1C2CC=C3C(CC4(Cl)C(=O)N(c5c(F)c(F)c(F)c(F)c5F)C(=O)C4(Cl)C3c3cc(Cl)ccc3O)C2C(=O)N1CCc1ccc(O)cc1. The number of likely N-dealkylation sites (tertiary alicyclic amines) is 1. The van der Waals surface area contributed by atoms with Gasteiger partial charge >= 0.3 is 0 Å². The number of alkyl halides is 2. The van der Waals surface area contributed by atoms with E-state index >= 15 is 8.78 Å². The van der Waals surface area contributed by atoms with Crippen molar-refractivity contribution in [1.82, 2.24) is 4.90 Å². The summed E-state index contributed by atoms with van der Waals surface area (Å²) in [6, 6.07) is 9.75. The Labute approximate surface area is 294 Å². The van der Waals surface area contributed by atoms with E-state index in [1.165, 1.54) is 30.3 Å². The van der Waals surface area contributed by atoms with E-state index in [1.807, 2.05) is 0 Å². The fourth-order valence-electron chi connectivity index (χ4n) is 7.86. The lowest BCUT2D eigenvalue weighted by Crippen LogP contribution is -2.60. The van der Waals surface area contributed by atoms with Gasteiger partial charge in [-0.2, -0.15) is 0 Å². The summed E-state index contributed by atoms with van der Waals surface area (Å²) < 4.78 is 73.1. The molecule has 0 radical (unpaired) electrons. The molecule has 3 aromatic carbocycles. The molecule has 50 heavy (non-hydrogen) atoms. The van der Waals surface area contributed by atoms with Crippen LogP contribution in [0.4, 0.5) is 27.6 Å². The molecule has 6 unspecified atom stereocenters. The summed E-state index contributed by atoms with van der Waals surface area (Å²) in [6.07, 6.45) is 1.02. The van der Waals surface area contributed by atoms with Gasteiger partial charge in [-0.3, -0.25) is 24.1 Å². The molecule has 2 heterocycles. The van der Waals surface area contributed by atoms with Crippen LogP contribution < -0.4 is 4.90 Å². The first-order valence-corrected chi connectivity index (χ1v) is 16.3. The molecule has 8 nitrogen and oxygen atoms in total. The number of rotatable bonds is 5. The van der Waals surface area contributed by atoms with Crippen LogP contribution in [0.2, 0.25) is 5.02 Å². The van der Waals surface area contributed by atoms with E-state index in [9.17, 15) is 42.6 Å². The predicted octanol–water partition coefficient (Wildman–Crippen LogP) is 6.25. The fraction of sp³-hybridized carbons (Fsp3) is 0.294. The number of carbonyl (C=O) groups excluding carboxylic acids is 4.